The minimum atomic E-state index is -0.0873. The zero-order valence-electron chi connectivity index (χ0n) is 10.6. The van der Waals surface area contributed by atoms with Crippen molar-refractivity contribution in [3.63, 3.8) is 0 Å². The molecule has 2 rings (SSSR count). The van der Waals surface area contributed by atoms with Gasteiger partial charge in [-0.2, -0.15) is 0 Å². The Bertz CT molecular complexity index is 595. The summed E-state index contributed by atoms with van der Waals surface area (Å²) in [6, 6.07) is 9.68. The molecule has 0 amide bonds. The molecule has 0 aliphatic rings. The number of hydrogen-bond acceptors (Lipinski definition) is 2. The average Bonchev–Trinajstić information content (AvgIpc) is 2.72. The molecule has 2 N–H and O–H groups in total. The molecule has 1 aromatic heterocycles. The number of H-pyrrole nitrogens is 1. The highest BCUT2D eigenvalue weighted by Crippen LogP contribution is 2.17. The number of hydrogen-bond donors (Lipinski definition) is 2. The molecule has 0 fully saturated rings. The van der Waals surface area contributed by atoms with Gasteiger partial charge >= 0.3 is 0 Å². The highest BCUT2D eigenvalue weighted by atomic mass is 16.1. The van der Waals surface area contributed by atoms with Crippen LogP contribution in [-0.4, -0.2) is 15.5 Å². The number of benzene rings is 1. The van der Waals surface area contributed by atoms with Gasteiger partial charge in [0.25, 0.3) is 5.56 Å². The molecule has 94 valence electrons. The highest BCUT2D eigenvalue weighted by Gasteiger charge is 2.11. The molecule has 0 unspecified atom stereocenters. The van der Waals surface area contributed by atoms with Gasteiger partial charge in [-0.25, -0.2) is 0 Å². The SMILES string of the molecule is CC(=N)C[C@H](C)n1cc(-c2ccccc2)c(=O)[nH]1. The molecule has 4 heteroatoms. The second-order valence-corrected chi connectivity index (χ2v) is 4.59. The maximum Gasteiger partial charge on any atom is 0.271 e. The summed E-state index contributed by atoms with van der Waals surface area (Å²) < 4.78 is 1.78. The first-order chi connectivity index (χ1) is 8.58. The second-order valence-electron chi connectivity index (χ2n) is 4.59. The van der Waals surface area contributed by atoms with Crippen LogP contribution in [0.1, 0.15) is 26.3 Å². The Labute approximate surface area is 106 Å². The Morgan fingerprint density at radius 2 is 2.06 bits per heavy atom. The molecule has 4 nitrogen and oxygen atoms in total. The van der Waals surface area contributed by atoms with E-state index in [1.165, 1.54) is 0 Å². The van der Waals surface area contributed by atoms with Crippen molar-refractivity contribution < 1.29 is 0 Å². The quantitative estimate of drug-likeness (QED) is 0.797. The van der Waals surface area contributed by atoms with Gasteiger partial charge < -0.3 is 5.41 Å². The summed E-state index contributed by atoms with van der Waals surface area (Å²) in [5.74, 6) is 0. The summed E-state index contributed by atoms with van der Waals surface area (Å²) >= 11 is 0. The first kappa shape index (κ1) is 12.4. The normalized spacial score (nSPS) is 12.3. The summed E-state index contributed by atoms with van der Waals surface area (Å²) in [6.45, 7) is 3.76. The van der Waals surface area contributed by atoms with E-state index >= 15 is 0 Å². The monoisotopic (exact) mass is 243 g/mol. The lowest BCUT2D eigenvalue weighted by molar-refractivity contribution is 0.502. The van der Waals surface area contributed by atoms with E-state index in [2.05, 4.69) is 5.10 Å². The predicted octanol–water partition coefficient (Wildman–Crippen LogP) is 2.83. The third kappa shape index (κ3) is 2.59. The maximum atomic E-state index is 11.9. The largest absolute Gasteiger partial charge is 0.310 e. The second kappa shape index (κ2) is 5.04. The van der Waals surface area contributed by atoms with Crippen molar-refractivity contribution in [2.45, 2.75) is 26.3 Å². The van der Waals surface area contributed by atoms with Crippen molar-refractivity contribution in [3.8, 4) is 11.1 Å². The summed E-state index contributed by atoms with van der Waals surface area (Å²) in [5.41, 5.74) is 2.11. The van der Waals surface area contributed by atoms with Crippen LogP contribution in [0.5, 0.6) is 0 Å². The van der Waals surface area contributed by atoms with Crippen molar-refractivity contribution in [3.05, 3.63) is 46.9 Å². The molecule has 0 saturated heterocycles. The lowest BCUT2D eigenvalue weighted by Gasteiger charge is -2.11. The smallest absolute Gasteiger partial charge is 0.271 e. The van der Waals surface area contributed by atoms with Crippen molar-refractivity contribution in [2.24, 2.45) is 0 Å². The Morgan fingerprint density at radius 1 is 1.39 bits per heavy atom. The van der Waals surface area contributed by atoms with Crippen molar-refractivity contribution in [2.75, 3.05) is 0 Å². The molecule has 0 bridgehead atoms. The van der Waals surface area contributed by atoms with E-state index in [-0.39, 0.29) is 11.6 Å². The van der Waals surface area contributed by atoms with Gasteiger partial charge in [-0.1, -0.05) is 30.3 Å². The van der Waals surface area contributed by atoms with Crippen molar-refractivity contribution >= 4 is 5.71 Å². The minimum absolute atomic E-state index is 0.0873. The Hall–Kier alpha value is -2.10. The van der Waals surface area contributed by atoms with E-state index in [0.29, 0.717) is 17.7 Å². The van der Waals surface area contributed by atoms with E-state index in [4.69, 9.17) is 5.41 Å². The third-order valence-corrected chi connectivity index (χ3v) is 2.90. The Morgan fingerprint density at radius 3 is 2.67 bits per heavy atom. The van der Waals surface area contributed by atoms with Gasteiger partial charge in [0.2, 0.25) is 0 Å². The van der Waals surface area contributed by atoms with Gasteiger partial charge in [0.05, 0.1) is 11.6 Å². The fourth-order valence-electron chi connectivity index (χ4n) is 2.01. The van der Waals surface area contributed by atoms with E-state index in [1.807, 2.05) is 43.5 Å². The van der Waals surface area contributed by atoms with E-state index < -0.39 is 0 Å². The lowest BCUT2D eigenvalue weighted by Crippen LogP contribution is -2.12. The standard InChI is InChI=1S/C14H17N3O/c1-10(15)8-11(2)17-9-13(14(18)16-17)12-6-4-3-5-7-12/h3-7,9,11,15H,8H2,1-2H3,(H,16,18)/t11-/m0/s1. The molecule has 1 aromatic carbocycles. The van der Waals surface area contributed by atoms with Crippen LogP contribution in [0.25, 0.3) is 11.1 Å². The van der Waals surface area contributed by atoms with Gasteiger partial charge in [-0.05, 0) is 19.4 Å². The molecule has 0 radical (unpaired) electrons. The van der Waals surface area contributed by atoms with Crippen molar-refractivity contribution in [1.29, 1.82) is 5.41 Å². The third-order valence-electron chi connectivity index (χ3n) is 2.90. The zero-order valence-corrected chi connectivity index (χ0v) is 10.6. The molecule has 18 heavy (non-hydrogen) atoms. The van der Waals surface area contributed by atoms with Gasteiger partial charge in [-0.15, -0.1) is 0 Å². The lowest BCUT2D eigenvalue weighted by atomic mass is 10.1. The fraction of sp³-hybridized carbons (Fsp3) is 0.286. The predicted molar refractivity (Wildman–Crippen MR) is 73.2 cm³/mol. The van der Waals surface area contributed by atoms with E-state index in [9.17, 15) is 4.79 Å². The van der Waals surface area contributed by atoms with Gasteiger partial charge in [0.1, 0.15) is 0 Å². The van der Waals surface area contributed by atoms with Crippen LogP contribution in [0, 0.1) is 5.41 Å². The molecule has 0 spiro atoms. The molecule has 0 saturated carbocycles. The van der Waals surface area contributed by atoms with Gasteiger partial charge in [0.15, 0.2) is 0 Å². The van der Waals surface area contributed by atoms with Crippen LogP contribution in [0.15, 0.2) is 41.3 Å². The molecule has 0 aliphatic carbocycles. The number of aromatic amines is 1. The van der Waals surface area contributed by atoms with Crippen LogP contribution < -0.4 is 5.56 Å². The van der Waals surface area contributed by atoms with Crippen LogP contribution in [-0.2, 0) is 0 Å². The first-order valence-electron chi connectivity index (χ1n) is 5.98. The molecule has 1 atom stereocenters. The first-order valence-corrected chi connectivity index (χ1v) is 5.98. The van der Waals surface area contributed by atoms with Gasteiger partial charge in [0, 0.05) is 18.3 Å². The highest BCUT2D eigenvalue weighted by molar-refractivity contribution is 5.78. The topological polar surface area (TPSA) is 61.6 Å². The molecule has 0 aliphatic heterocycles. The fourth-order valence-corrected chi connectivity index (χ4v) is 2.01. The maximum absolute atomic E-state index is 11.9. The van der Waals surface area contributed by atoms with Crippen LogP contribution >= 0.6 is 0 Å². The summed E-state index contributed by atoms with van der Waals surface area (Å²) in [5, 5.41) is 10.3. The van der Waals surface area contributed by atoms with E-state index in [1.54, 1.807) is 11.6 Å². The van der Waals surface area contributed by atoms with Crippen LogP contribution in [0.3, 0.4) is 0 Å². The molecule has 2 aromatic rings. The Balaban J connectivity index is 2.33. The minimum Gasteiger partial charge on any atom is -0.310 e. The molecular weight excluding hydrogens is 226 g/mol. The summed E-state index contributed by atoms with van der Waals surface area (Å²) in [7, 11) is 0. The molecular formula is C14H17N3O. The number of nitrogens with one attached hydrogen (secondary N) is 2. The zero-order chi connectivity index (χ0) is 13.1. The van der Waals surface area contributed by atoms with Gasteiger partial charge in [-0.3, -0.25) is 14.6 Å². The number of nitrogens with zero attached hydrogens (tertiary/aromatic N) is 1. The summed E-state index contributed by atoms with van der Waals surface area (Å²) in [4.78, 5) is 11.9. The van der Waals surface area contributed by atoms with Crippen LogP contribution in [0.4, 0.5) is 0 Å². The number of rotatable bonds is 4. The number of aromatic nitrogens is 2. The summed E-state index contributed by atoms with van der Waals surface area (Å²) in [6.07, 6.45) is 2.46. The van der Waals surface area contributed by atoms with Crippen molar-refractivity contribution in [1.82, 2.24) is 9.78 Å². The van der Waals surface area contributed by atoms with Crippen LogP contribution in [0.2, 0.25) is 0 Å². The average molecular weight is 243 g/mol. The molecule has 1 heterocycles. The Kier molecular flexibility index (Phi) is 3.46. The van der Waals surface area contributed by atoms with E-state index in [0.717, 1.165) is 5.56 Å².